The van der Waals surface area contributed by atoms with Crippen LogP contribution in [0, 0.1) is 13.8 Å². The van der Waals surface area contributed by atoms with Gasteiger partial charge in [0.2, 0.25) is 0 Å². The van der Waals surface area contributed by atoms with Crippen LogP contribution in [0.4, 0.5) is 5.69 Å². The molecule has 0 saturated heterocycles. The third-order valence-electron chi connectivity index (χ3n) is 3.92. The molecule has 2 amide bonds. The molecule has 1 aliphatic heterocycles. The van der Waals surface area contributed by atoms with E-state index < -0.39 is 17.6 Å². The highest BCUT2D eigenvalue weighted by Gasteiger charge is 2.40. The second-order valence-electron chi connectivity index (χ2n) is 5.45. The van der Waals surface area contributed by atoms with Crippen LogP contribution >= 0.6 is 15.9 Å². The molecule has 0 unspecified atom stereocenters. The van der Waals surface area contributed by atoms with Crippen molar-refractivity contribution in [1.82, 2.24) is 0 Å². The molecule has 0 saturated carbocycles. The van der Waals surface area contributed by atoms with Gasteiger partial charge in [-0.25, -0.2) is 4.90 Å². The third-order valence-corrected chi connectivity index (χ3v) is 4.41. The Morgan fingerprint density at radius 3 is 2.35 bits per heavy atom. The second-order valence-corrected chi connectivity index (χ2v) is 6.36. The zero-order chi connectivity index (χ0) is 16.7. The fourth-order valence-electron chi connectivity index (χ4n) is 2.52. The zero-order valence-corrected chi connectivity index (χ0v) is 14.2. The molecule has 5 heteroatoms. The van der Waals surface area contributed by atoms with Gasteiger partial charge in [-0.15, -0.1) is 0 Å². The predicted octanol–water partition coefficient (Wildman–Crippen LogP) is 3.91. The van der Waals surface area contributed by atoms with Gasteiger partial charge in [0, 0.05) is 4.47 Å². The normalized spacial score (nSPS) is 14.8. The molecule has 0 radical (unpaired) electrons. The van der Waals surface area contributed by atoms with Crippen molar-refractivity contribution in [3.8, 4) is 0 Å². The molecule has 1 heterocycles. The van der Waals surface area contributed by atoms with Gasteiger partial charge in [-0.3, -0.25) is 9.59 Å². The summed E-state index contributed by atoms with van der Waals surface area (Å²) in [4.78, 5) is 26.0. The molecule has 0 fully saturated rings. The Morgan fingerprint density at radius 2 is 1.70 bits per heavy atom. The van der Waals surface area contributed by atoms with Crippen LogP contribution in [-0.2, 0) is 9.59 Å². The number of aryl methyl sites for hydroxylation is 2. The fraction of sp³-hybridized carbons (Fsp3) is 0.111. The smallest absolute Gasteiger partial charge is 0.301 e. The molecule has 2 aromatic carbocycles. The minimum Gasteiger partial charge on any atom is -0.502 e. The van der Waals surface area contributed by atoms with Crippen LogP contribution in [0.5, 0.6) is 0 Å². The monoisotopic (exact) mass is 371 g/mol. The molecule has 23 heavy (non-hydrogen) atoms. The Hall–Kier alpha value is -2.40. The standard InChI is InChI=1S/C18H14BrNO3/c1-10-6-7-12(8-11(10)2)15-16(21)18(23)20(17(15)22)14-5-3-4-13(19)9-14/h3-9,21H,1-2H3. The van der Waals surface area contributed by atoms with Gasteiger partial charge in [-0.05, 0) is 48.7 Å². The summed E-state index contributed by atoms with van der Waals surface area (Å²) < 4.78 is 0.745. The molecule has 4 nitrogen and oxygen atoms in total. The lowest BCUT2D eigenvalue weighted by Gasteiger charge is -2.15. The van der Waals surface area contributed by atoms with Crippen LogP contribution in [0.1, 0.15) is 16.7 Å². The number of rotatable bonds is 2. The Kier molecular flexibility index (Phi) is 3.82. The van der Waals surface area contributed by atoms with Crippen molar-refractivity contribution in [3.63, 3.8) is 0 Å². The SMILES string of the molecule is Cc1ccc(C2=C(O)C(=O)N(c3cccc(Br)c3)C2=O)cc1C. The van der Waals surface area contributed by atoms with Crippen LogP contribution in [0.2, 0.25) is 0 Å². The highest BCUT2D eigenvalue weighted by molar-refractivity contribution is 9.10. The summed E-state index contributed by atoms with van der Waals surface area (Å²) >= 11 is 3.32. The minimum atomic E-state index is -0.707. The van der Waals surface area contributed by atoms with Crippen LogP contribution in [0.3, 0.4) is 0 Å². The Bertz CT molecular complexity index is 870. The first kappa shape index (κ1) is 15.5. The van der Waals surface area contributed by atoms with E-state index in [1.165, 1.54) is 0 Å². The summed E-state index contributed by atoms with van der Waals surface area (Å²) in [6, 6.07) is 12.2. The van der Waals surface area contributed by atoms with Gasteiger partial charge < -0.3 is 5.11 Å². The van der Waals surface area contributed by atoms with Crippen LogP contribution in [0.15, 0.2) is 52.7 Å². The van der Waals surface area contributed by atoms with Crippen molar-refractivity contribution in [3.05, 3.63) is 69.4 Å². The van der Waals surface area contributed by atoms with Crippen molar-refractivity contribution in [1.29, 1.82) is 0 Å². The number of carbonyl (C=O) groups is 2. The van der Waals surface area contributed by atoms with E-state index in [4.69, 9.17) is 0 Å². The maximum Gasteiger partial charge on any atom is 0.301 e. The molecule has 0 bridgehead atoms. The first-order chi connectivity index (χ1) is 10.9. The molecule has 1 aliphatic rings. The first-order valence-electron chi connectivity index (χ1n) is 7.05. The van der Waals surface area contributed by atoms with Gasteiger partial charge in [0.25, 0.3) is 5.91 Å². The number of aliphatic hydroxyl groups excluding tert-OH is 1. The van der Waals surface area contributed by atoms with Crippen molar-refractivity contribution >= 4 is 39.0 Å². The third kappa shape index (κ3) is 2.57. The van der Waals surface area contributed by atoms with Crippen LogP contribution < -0.4 is 4.90 Å². The molecule has 1 N–H and O–H groups in total. The number of benzene rings is 2. The van der Waals surface area contributed by atoms with Gasteiger partial charge >= 0.3 is 5.91 Å². The molecule has 0 aromatic heterocycles. The van der Waals surface area contributed by atoms with Gasteiger partial charge in [-0.2, -0.15) is 0 Å². The number of imide groups is 1. The number of anilines is 1. The number of hydrogen-bond donors (Lipinski definition) is 1. The van der Waals surface area contributed by atoms with Gasteiger partial charge in [0.15, 0.2) is 5.76 Å². The lowest BCUT2D eigenvalue weighted by Crippen LogP contribution is -2.31. The van der Waals surface area contributed by atoms with E-state index >= 15 is 0 Å². The van der Waals surface area contributed by atoms with E-state index in [1.807, 2.05) is 19.9 Å². The van der Waals surface area contributed by atoms with Crippen molar-refractivity contribution < 1.29 is 14.7 Å². The fourth-order valence-corrected chi connectivity index (χ4v) is 2.91. The summed E-state index contributed by atoms with van der Waals surface area (Å²) in [6.07, 6.45) is 0. The Labute approximate surface area is 142 Å². The molecule has 0 spiro atoms. The van der Waals surface area contributed by atoms with Gasteiger partial charge in [0.05, 0.1) is 11.3 Å². The van der Waals surface area contributed by atoms with E-state index in [0.717, 1.165) is 20.5 Å². The number of nitrogens with zero attached hydrogens (tertiary/aromatic N) is 1. The van der Waals surface area contributed by atoms with Crippen molar-refractivity contribution in [2.75, 3.05) is 4.90 Å². The lowest BCUT2D eigenvalue weighted by atomic mass is 10.00. The largest absolute Gasteiger partial charge is 0.502 e. The average Bonchev–Trinajstić information content (AvgIpc) is 2.72. The molecule has 116 valence electrons. The molecule has 0 atom stereocenters. The second kappa shape index (κ2) is 5.66. The van der Waals surface area contributed by atoms with Crippen LogP contribution in [0.25, 0.3) is 5.57 Å². The summed E-state index contributed by atoms with van der Waals surface area (Å²) in [7, 11) is 0. The minimum absolute atomic E-state index is 0.0399. The average molecular weight is 372 g/mol. The molecule has 3 rings (SSSR count). The molecule has 2 aromatic rings. The number of carbonyl (C=O) groups excluding carboxylic acids is 2. The van der Waals surface area contributed by atoms with Crippen molar-refractivity contribution in [2.45, 2.75) is 13.8 Å². The number of aliphatic hydroxyl groups is 1. The maximum atomic E-state index is 12.7. The summed E-state index contributed by atoms with van der Waals surface area (Å²) in [5, 5.41) is 10.2. The summed E-state index contributed by atoms with van der Waals surface area (Å²) in [5.74, 6) is -1.74. The number of hydrogen-bond acceptors (Lipinski definition) is 3. The number of halogens is 1. The Balaban J connectivity index is 2.07. The maximum absolute atomic E-state index is 12.7. The van der Waals surface area contributed by atoms with E-state index in [9.17, 15) is 14.7 Å². The van der Waals surface area contributed by atoms with E-state index in [2.05, 4.69) is 15.9 Å². The molecule has 0 aliphatic carbocycles. The zero-order valence-electron chi connectivity index (χ0n) is 12.6. The summed E-state index contributed by atoms with van der Waals surface area (Å²) in [5.41, 5.74) is 3.07. The van der Waals surface area contributed by atoms with E-state index in [1.54, 1.807) is 36.4 Å². The quantitative estimate of drug-likeness (QED) is 0.814. The number of amides is 2. The highest BCUT2D eigenvalue weighted by atomic mass is 79.9. The van der Waals surface area contributed by atoms with E-state index in [-0.39, 0.29) is 5.57 Å². The first-order valence-corrected chi connectivity index (χ1v) is 7.84. The summed E-state index contributed by atoms with van der Waals surface area (Å²) in [6.45, 7) is 3.88. The lowest BCUT2D eigenvalue weighted by molar-refractivity contribution is -0.121. The molecular weight excluding hydrogens is 358 g/mol. The van der Waals surface area contributed by atoms with Gasteiger partial charge in [0.1, 0.15) is 0 Å². The van der Waals surface area contributed by atoms with Gasteiger partial charge in [-0.1, -0.05) is 40.2 Å². The van der Waals surface area contributed by atoms with E-state index in [0.29, 0.717) is 11.3 Å². The van der Waals surface area contributed by atoms with Crippen molar-refractivity contribution in [2.24, 2.45) is 0 Å². The topological polar surface area (TPSA) is 57.6 Å². The predicted molar refractivity (Wildman–Crippen MR) is 92.1 cm³/mol. The Morgan fingerprint density at radius 1 is 0.957 bits per heavy atom. The van der Waals surface area contributed by atoms with Crippen LogP contribution in [-0.4, -0.2) is 16.9 Å². The highest BCUT2D eigenvalue weighted by Crippen LogP contribution is 2.33. The molecular formula is C18H14BrNO3.